The number of carboxylic acid groups (broad SMARTS) is 1. The maximum Gasteiger partial charge on any atom is 0.341 e. The van der Waals surface area contributed by atoms with Crippen molar-refractivity contribution in [2.75, 3.05) is 6.61 Å². The van der Waals surface area contributed by atoms with Crippen LogP contribution >= 0.6 is 0 Å². The van der Waals surface area contributed by atoms with Crippen molar-refractivity contribution < 1.29 is 29.0 Å². The van der Waals surface area contributed by atoms with Crippen LogP contribution in [0.4, 0.5) is 0 Å². The summed E-state index contributed by atoms with van der Waals surface area (Å²) >= 11 is 0. The largest absolute Gasteiger partial charge is 0.479 e. The Bertz CT molecular complexity index is 870. The SMILES string of the molecule is CC(=O)N[C@@H](Cc1ccccc1)C(=O)N[C@@H](Cc1ccccc1)C(=O)OCC(=O)O. The van der Waals surface area contributed by atoms with Crippen LogP contribution in [0.3, 0.4) is 0 Å². The van der Waals surface area contributed by atoms with Gasteiger partial charge in [-0.25, -0.2) is 9.59 Å². The van der Waals surface area contributed by atoms with Crippen molar-refractivity contribution in [3.8, 4) is 0 Å². The normalized spacial score (nSPS) is 12.3. The van der Waals surface area contributed by atoms with Gasteiger partial charge in [-0.15, -0.1) is 0 Å². The molecule has 0 radical (unpaired) electrons. The average molecular weight is 412 g/mol. The van der Waals surface area contributed by atoms with Crippen molar-refractivity contribution in [1.29, 1.82) is 0 Å². The number of amides is 2. The summed E-state index contributed by atoms with van der Waals surface area (Å²) < 4.78 is 4.78. The van der Waals surface area contributed by atoms with Gasteiger partial charge in [0.25, 0.3) is 0 Å². The van der Waals surface area contributed by atoms with Crippen molar-refractivity contribution in [2.45, 2.75) is 31.8 Å². The van der Waals surface area contributed by atoms with Gasteiger partial charge in [-0.1, -0.05) is 60.7 Å². The predicted octanol–water partition coefficient (Wildman–Crippen LogP) is 1.09. The molecule has 0 heterocycles. The van der Waals surface area contributed by atoms with Gasteiger partial charge in [0.15, 0.2) is 6.61 Å². The van der Waals surface area contributed by atoms with Crippen molar-refractivity contribution in [1.82, 2.24) is 10.6 Å². The molecule has 8 heteroatoms. The standard InChI is InChI=1S/C22H24N2O6/c1-15(25)23-18(12-16-8-4-2-5-9-16)21(28)24-19(22(29)30-14-20(26)27)13-17-10-6-3-7-11-17/h2-11,18-19H,12-14H2,1H3,(H,23,25)(H,24,28)(H,26,27)/t18-,19-/m0/s1. The van der Waals surface area contributed by atoms with E-state index >= 15 is 0 Å². The Labute approximate surface area is 174 Å². The molecule has 30 heavy (non-hydrogen) atoms. The number of hydrogen-bond acceptors (Lipinski definition) is 5. The number of hydrogen-bond donors (Lipinski definition) is 3. The molecule has 8 nitrogen and oxygen atoms in total. The molecular formula is C22H24N2O6. The summed E-state index contributed by atoms with van der Waals surface area (Å²) in [5, 5.41) is 13.9. The van der Waals surface area contributed by atoms with Gasteiger partial charge in [0, 0.05) is 19.8 Å². The zero-order valence-electron chi connectivity index (χ0n) is 16.5. The van der Waals surface area contributed by atoms with Gasteiger partial charge in [-0.2, -0.15) is 0 Å². The van der Waals surface area contributed by atoms with Crippen LogP contribution in [0, 0.1) is 0 Å². The molecule has 2 aromatic carbocycles. The molecule has 2 atom stereocenters. The molecule has 2 rings (SSSR count). The third kappa shape index (κ3) is 7.75. The number of ether oxygens (including phenoxy) is 1. The smallest absolute Gasteiger partial charge is 0.341 e. The summed E-state index contributed by atoms with van der Waals surface area (Å²) in [6, 6.07) is 16.0. The second-order valence-corrected chi connectivity index (χ2v) is 6.70. The molecule has 158 valence electrons. The van der Waals surface area contributed by atoms with E-state index in [9.17, 15) is 19.2 Å². The van der Waals surface area contributed by atoms with Gasteiger partial charge in [-0.3, -0.25) is 9.59 Å². The lowest BCUT2D eigenvalue weighted by Gasteiger charge is -2.22. The number of aliphatic carboxylic acids is 1. The first-order valence-electron chi connectivity index (χ1n) is 9.39. The van der Waals surface area contributed by atoms with Crippen LogP contribution in [0.15, 0.2) is 60.7 Å². The van der Waals surface area contributed by atoms with Crippen molar-refractivity contribution in [3.63, 3.8) is 0 Å². The topological polar surface area (TPSA) is 122 Å². The molecule has 2 amide bonds. The van der Waals surface area contributed by atoms with E-state index in [1.54, 1.807) is 24.3 Å². The molecule has 3 N–H and O–H groups in total. The molecule has 0 aliphatic carbocycles. The number of carbonyl (C=O) groups is 4. The number of esters is 1. The van der Waals surface area contributed by atoms with Crippen LogP contribution < -0.4 is 10.6 Å². The Morgan fingerprint density at radius 1 is 0.833 bits per heavy atom. The van der Waals surface area contributed by atoms with E-state index in [2.05, 4.69) is 10.6 Å². The first-order chi connectivity index (χ1) is 14.3. The summed E-state index contributed by atoms with van der Waals surface area (Å²) in [4.78, 5) is 47.6. The predicted molar refractivity (Wildman–Crippen MR) is 108 cm³/mol. The Morgan fingerprint density at radius 2 is 1.33 bits per heavy atom. The number of rotatable bonds is 10. The zero-order valence-corrected chi connectivity index (χ0v) is 16.5. The second kappa shape index (κ2) is 11.4. The summed E-state index contributed by atoms with van der Waals surface area (Å²) in [5.41, 5.74) is 1.59. The number of carbonyl (C=O) groups excluding carboxylic acids is 3. The fourth-order valence-electron chi connectivity index (χ4n) is 2.85. The molecule has 0 bridgehead atoms. The Hall–Kier alpha value is -3.68. The minimum atomic E-state index is -1.30. The molecule has 0 aliphatic rings. The zero-order chi connectivity index (χ0) is 21.9. The van der Waals surface area contributed by atoms with Crippen LogP contribution in [0.5, 0.6) is 0 Å². The lowest BCUT2D eigenvalue weighted by atomic mass is 10.0. The lowest BCUT2D eigenvalue weighted by molar-refractivity contribution is -0.157. The highest BCUT2D eigenvalue weighted by Gasteiger charge is 2.28. The van der Waals surface area contributed by atoms with Gasteiger partial charge < -0.3 is 20.5 Å². The van der Waals surface area contributed by atoms with Crippen LogP contribution in [0.1, 0.15) is 18.1 Å². The van der Waals surface area contributed by atoms with Gasteiger partial charge in [0.05, 0.1) is 0 Å². The van der Waals surface area contributed by atoms with Crippen LogP contribution in [-0.4, -0.2) is 47.6 Å². The van der Waals surface area contributed by atoms with E-state index in [1.165, 1.54) is 6.92 Å². The highest BCUT2D eigenvalue weighted by atomic mass is 16.6. The Balaban J connectivity index is 2.16. The van der Waals surface area contributed by atoms with Crippen LogP contribution in [-0.2, 0) is 36.8 Å². The molecule has 0 saturated carbocycles. The van der Waals surface area contributed by atoms with Crippen molar-refractivity contribution in [2.24, 2.45) is 0 Å². The summed E-state index contributed by atoms with van der Waals surface area (Å²) in [7, 11) is 0. The number of benzene rings is 2. The molecule has 0 aliphatic heterocycles. The molecule has 0 fully saturated rings. The molecule has 0 aromatic heterocycles. The third-order valence-corrected chi connectivity index (χ3v) is 4.20. The van der Waals surface area contributed by atoms with E-state index in [0.717, 1.165) is 11.1 Å². The molecule has 0 unspecified atom stereocenters. The fourth-order valence-corrected chi connectivity index (χ4v) is 2.85. The minimum Gasteiger partial charge on any atom is -0.479 e. The maximum atomic E-state index is 12.9. The average Bonchev–Trinajstić information content (AvgIpc) is 2.72. The monoisotopic (exact) mass is 412 g/mol. The fraction of sp³-hybridized carbons (Fsp3) is 0.273. The third-order valence-electron chi connectivity index (χ3n) is 4.20. The van der Waals surface area contributed by atoms with E-state index < -0.39 is 36.5 Å². The highest BCUT2D eigenvalue weighted by Crippen LogP contribution is 2.08. The summed E-state index contributed by atoms with van der Waals surface area (Å²) in [5.74, 6) is -3.12. The van der Waals surface area contributed by atoms with E-state index in [0.29, 0.717) is 0 Å². The maximum absolute atomic E-state index is 12.9. The molecule has 0 saturated heterocycles. The van der Waals surface area contributed by atoms with Crippen LogP contribution in [0.2, 0.25) is 0 Å². The van der Waals surface area contributed by atoms with E-state index in [4.69, 9.17) is 9.84 Å². The Kier molecular flexibility index (Phi) is 8.56. The van der Waals surface area contributed by atoms with Crippen molar-refractivity contribution >= 4 is 23.8 Å². The number of nitrogens with one attached hydrogen (secondary N) is 2. The first kappa shape index (κ1) is 22.6. The summed E-state index contributed by atoms with van der Waals surface area (Å²) in [6.45, 7) is 0.493. The second-order valence-electron chi connectivity index (χ2n) is 6.70. The molecule has 2 aromatic rings. The first-order valence-corrected chi connectivity index (χ1v) is 9.39. The van der Waals surface area contributed by atoms with Gasteiger partial charge in [-0.05, 0) is 11.1 Å². The van der Waals surface area contributed by atoms with Gasteiger partial charge in [0.1, 0.15) is 12.1 Å². The van der Waals surface area contributed by atoms with Gasteiger partial charge >= 0.3 is 11.9 Å². The summed E-state index contributed by atoms with van der Waals surface area (Å²) in [6.07, 6.45) is 0.345. The van der Waals surface area contributed by atoms with Gasteiger partial charge in [0.2, 0.25) is 11.8 Å². The highest BCUT2D eigenvalue weighted by molar-refractivity contribution is 5.91. The Morgan fingerprint density at radius 3 is 1.80 bits per heavy atom. The molecular weight excluding hydrogens is 388 g/mol. The molecule has 0 spiro atoms. The van der Waals surface area contributed by atoms with E-state index in [-0.39, 0.29) is 18.7 Å². The van der Waals surface area contributed by atoms with Crippen LogP contribution in [0.25, 0.3) is 0 Å². The quantitative estimate of drug-likeness (QED) is 0.502. The van der Waals surface area contributed by atoms with Crippen molar-refractivity contribution in [3.05, 3.63) is 71.8 Å². The minimum absolute atomic E-state index is 0.114. The van der Waals surface area contributed by atoms with E-state index in [1.807, 2.05) is 36.4 Å². The number of carboxylic acids is 1. The lowest BCUT2D eigenvalue weighted by Crippen LogP contribution is -2.53.